The fraction of sp³-hybridized carbons (Fsp3) is 0.417. The molecule has 0 saturated carbocycles. The molecule has 2 unspecified atom stereocenters. The number of benzene rings is 1. The Kier molecular flexibility index (Phi) is 4.39. The number of hydrogen-bond acceptors (Lipinski definition) is 3. The monoisotopic (exact) mass is 332 g/mol. The van der Waals surface area contributed by atoms with Crippen molar-refractivity contribution >= 4 is 50.1 Å². The van der Waals surface area contributed by atoms with E-state index in [9.17, 15) is 0 Å². The first kappa shape index (κ1) is 13.2. The molecule has 1 heterocycles. The molecule has 0 radical (unpaired) electrons. The zero-order valence-corrected chi connectivity index (χ0v) is 12.9. The Morgan fingerprint density at radius 1 is 1.47 bits per heavy atom. The molecule has 5 heteroatoms. The molecule has 1 aromatic rings. The van der Waals surface area contributed by atoms with Crippen LogP contribution >= 0.6 is 39.3 Å². The van der Waals surface area contributed by atoms with E-state index < -0.39 is 0 Å². The molecule has 2 rings (SSSR count). The topological polar surface area (TPSA) is 24.4 Å². The predicted molar refractivity (Wildman–Crippen MR) is 81.3 cm³/mol. The summed E-state index contributed by atoms with van der Waals surface area (Å²) in [5.41, 5.74) is 0.897. The van der Waals surface area contributed by atoms with Gasteiger partial charge in [0.15, 0.2) is 5.17 Å². The van der Waals surface area contributed by atoms with Gasteiger partial charge in [-0.1, -0.05) is 46.2 Å². The van der Waals surface area contributed by atoms with Gasteiger partial charge in [0.2, 0.25) is 0 Å². The molecule has 92 valence electrons. The molecule has 0 aliphatic carbocycles. The van der Waals surface area contributed by atoms with E-state index in [2.05, 4.69) is 40.1 Å². The molecule has 0 fully saturated rings. The standard InChI is InChI=1S/C12H14BrClN2S/c1-7-5-8(2)17-12(15-7)16-11-6-9(13)3-4-10(11)14/h3-4,6-8H,5H2,1-2H3,(H,15,16). The van der Waals surface area contributed by atoms with Gasteiger partial charge in [-0.15, -0.1) is 0 Å². The van der Waals surface area contributed by atoms with Crippen LogP contribution in [0.25, 0.3) is 0 Å². The lowest BCUT2D eigenvalue weighted by atomic mass is 10.2. The van der Waals surface area contributed by atoms with Gasteiger partial charge in [-0.2, -0.15) is 0 Å². The van der Waals surface area contributed by atoms with E-state index in [4.69, 9.17) is 11.6 Å². The molecule has 2 atom stereocenters. The Labute approximate surface area is 119 Å². The summed E-state index contributed by atoms with van der Waals surface area (Å²) in [6.07, 6.45) is 1.13. The molecule has 0 spiro atoms. The minimum Gasteiger partial charge on any atom is -0.334 e. The van der Waals surface area contributed by atoms with Crippen LogP contribution in [-0.4, -0.2) is 16.5 Å². The van der Waals surface area contributed by atoms with Gasteiger partial charge in [-0.3, -0.25) is 4.99 Å². The molecule has 0 amide bonds. The normalized spacial score (nSPS) is 24.4. The van der Waals surface area contributed by atoms with Crippen LogP contribution in [0.3, 0.4) is 0 Å². The van der Waals surface area contributed by atoms with Crippen molar-refractivity contribution in [3.05, 3.63) is 27.7 Å². The highest BCUT2D eigenvalue weighted by atomic mass is 79.9. The van der Waals surface area contributed by atoms with Crippen molar-refractivity contribution < 1.29 is 0 Å². The number of aliphatic imine (C=N–C) groups is 1. The molecule has 0 saturated heterocycles. The van der Waals surface area contributed by atoms with Gasteiger partial charge in [0.25, 0.3) is 0 Å². The van der Waals surface area contributed by atoms with Gasteiger partial charge in [-0.25, -0.2) is 0 Å². The van der Waals surface area contributed by atoms with E-state index in [1.165, 1.54) is 0 Å². The van der Waals surface area contributed by atoms with Crippen molar-refractivity contribution in [2.24, 2.45) is 4.99 Å². The van der Waals surface area contributed by atoms with E-state index in [0.29, 0.717) is 16.3 Å². The Morgan fingerprint density at radius 2 is 2.24 bits per heavy atom. The van der Waals surface area contributed by atoms with Gasteiger partial charge in [0.1, 0.15) is 0 Å². The number of hydrogen-bond donors (Lipinski definition) is 1. The number of nitrogens with zero attached hydrogens (tertiary/aromatic N) is 1. The maximum Gasteiger partial charge on any atom is 0.161 e. The van der Waals surface area contributed by atoms with Crippen molar-refractivity contribution in [2.45, 2.75) is 31.6 Å². The summed E-state index contributed by atoms with van der Waals surface area (Å²) in [5.74, 6) is 0. The molecule has 1 aromatic carbocycles. The maximum atomic E-state index is 6.14. The van der Waals surface area contributed by atoms with E-state index >= 15 is 0 Å². The summed E-state index contributed by atoms with van der Waals surface area (Å²) >= 11 is 11.3. The maximum absolute atomic E-state index is 6.14. The van der Waals surface area contributed by atoms with E-state index in [1.807, 2.05) is 18.2 Å². The van der Waals surface area contributed by atoms with Crippen LogP contribution < -0.4 is 5.32 Å². The molecule has 1 aliphatic rings. The van der Waals surface area contributed by atoms with E-state index in [-0.39, 0.29) is 0 Å². The third-order valence-corrected chi connectivity index (χ3v) is 4.34. The lowest BCUT2D eigenvalue weighted by molar-refractivity contribution is 0.661. The molecule has 2 nitrogen and oxygen atoms in total. The van der Waals surface area contributed by atoms with Crippen LogP contribution in [0, 0.1) is 0 Å². The Balaban J connectivity index is 2.18. The Bertz CT molecular complexity index is 450. The van der Waals surface area contributed by atoms with Gasteiger partial charge in [0.05, 0.1) is 16.8 Å². The van der Waals surface area contributed by atoms with E-state index in [1.54, 1.807) is 11.8 Å². The number of nitrogens with one attached hydrogen (secondary N) is 1. The highest BCUT2D eigenvalue weighted by Gasteiger charge is 2.18. The first-order chi connectivity index (χ1) is 8.04. The predicted octanol–water partition coefficient (Wildman–Crippen LogP) is 4.78. The van der Waals surface area contributed by atoms with Crippen molar-refractivity contribution in [3.8, 4) is 0 Å². The minimum absolute atomic E-state index is 0.375. The summed E-state index contributed by atoms with van der Waals surface area (Å²) in [5, 5.41) is 5.56. The third kappa shape index (κ3) is 3.63. The van der Waals surface area contributed by atoms with Crippen molar-refractivity contribution in [2.75, 3.05) is 5.32 Å². The Morgan fingerprint density at radius 3 is 2.94 bits per heavy atom. The SMILES string of the molecule is CC1CC(C)SC(Nc2cc(Br)ccc2Cl)=N1. The number of halogens is 2. The fourth-order valence-electron chi connectivity index (χ4n) is 1.77. The molecule has 17 heavy (non-hydrogen) atoms. The van der Waals surface area contributed by atoms with Gasteiger partial charge >= 0.3 is 0 Å². The van der Waals surface area contributed by atoms with Crippen molar-refractivity contribution in [3.63, 3.8) is 0 Å². The van der Waals surface area contributed by atoms with Crippen LogP contribution in [0.1, 0.15) is 20.3 Å². The number of amidine groups is 1. The van der Waals surface area contributed by atoms with Crippen LogP contribution in [-0.2, 0) is 0 Å². The Hall–Kier alpha value is -0.190. The van der Waals surface area contributed by atoms with Crippen molar-refractivity contribution in [1.29, 1.82) is 0 Å². The lowest BCUT2D eigenvalue weighted by Gasteiger charge is -2.23. The third-order valence-electron chi connectivity index (χ3n) is 2.49. The second-order valence-corrected chi connectivity index (χ2v) is 6.95. The lowest BCUT2D eigenvalue weighted by Crippen LogP contribution is -2.22. The van der Waals surface area contributed by atoms with Crippen LogP contribution in [0.2, 0.25) is 5.02 Å². The highest BCUT2D eigenvalue weighted by molar-refractivity contribution is 9.10. The van der Waals surface area contributed by atoms with Crippen molar-refractivity contribution in [1.82, 2.24) is 0 Å². The van der Waals surface area contributed by atoms with Gasteiger partial charge < -0.3 is 5.32 Å². The number of rotatable bonds is 1. The zero-order valence-electron chi connectivity index (χ0n) is 9.71. The fourth-order valence-corrected chi connectivity index (χ4v) is 3.46. The van der Waals surface area contributed by atoms with Crippen LogP contribution in [0.5, 0.6) is 0 Å². The average Bonchev–Trinajstić information content (AvgIpc) is 2.22. The molecular weight excluding hydrogens is 320 g/mol. The smallest absolute Gasteiger partial charge is 0.161 e. The zero-order chi connectivity index (χ0) is 12.4. The van der Waals surface area contributed by atoms with Gasteiger partial charge in [-0.05, 0) is 31.5 Å². The summed E-state index contributed by atoms with van der Waals surface area (Å²) < 4.78 is 1.01. The molecule has 0 aromatic heterocycles. The molecule has 1 N–H and O–H groups in total. The first-order valence-electron chi connectivity index (χ1n) is 5.51. The van der Waals surface area contributed by atoms with E-state index in [0.717, 1.165) is 21.7 Å². The summed E-state index contributed by atoms with van der Waals surface area (Å²) in [6, 6.07) is 6.14. The quantitative estimate of drug-likeness (QED) is 0.799. The van der Waals surface area contributed by atoms with Crippen LogP contribution in [0.4, 0.5) is 5.69 Å². The average molecular weight is 334 g/mol. The summed E-state index contributed by atoms with van der Waals surface area (Å²) in [6.45, 7) is 4.36. The summed E-state index contributed by atoms with van der Waals surface area (Å²) in [4.78, 5) is 4.59. The molecule has 1 aliphatic heterocycles. The van der Waals surface area contributed by atoms with Gasteiger partial charge in [0, 0.05) is 9.72 Å². The largest absolute Gasteiger partial charge is 0.334 e. The first-order valence-corrected chi connectivity index (χ1v) is 7.56. The highest BCUT2D eigenvalue weighted by Crippen LogP contribution is 2.30. The molecule has 0 bridgehead atoms. The second-order valence-electron chi connectivity index (χ2n) is 4.20. The second kappa shape index (κ2) is 5.63. The minimum atomic E-state index is 0.375. The van der Waals surface area contributed by atoms with Crippen LogP contribution in [0.15, 0.2) is 27.7 Å². The number of anilines is 1. The molecular formula is C12H14BrClN2S. The summed E-state index contributed by atoms with van der Waals surface area (Å²) in [7, 11) is 0. The number of thioether (sulfide) groups is 1.